The van der Waals surface area contributed by atoms with E-state index < -0.39 is 35.6 Å². The van der Waals surface area contributed by atoms with Crippen LogP contribution in [0, 0.1) is 25.7 Å². The van der Waals surface area contributed by atoms with Crippen molar-refractivity contribution in [2.24, 2.45) is 11.8 Å². The molecule has 1 unspecified atom stereocenters. The Hall–Kier alpha value is -3.75. The van der Waals surface area contributed by atoms with Crippen LogP contribution >= 0.6 is 0 Å². The first kappa shape index (κ1) is 25.5. The number of anilines is 1. The number of nitrogens with zero attached hydrogens (tertiary/aromatic N) is 3. The average molecular weight is 528 g/mol. The van der Waals surface area contributed by atoms with Crippen LogP contribution in [0.2, 0.25) is 0 Å². The average Bonchev–Trinajstić information content (AvgIpc) is 3.25. The molecular formula is C31H33N3O5. The van der Waals surface area contributed by atoms with Crippen LogP contribution in [0.25, 0.3) is 0 Å². The van der Waals surface area contributed by atoms with Crippen molar-refractivity contribution in [1.29, 1.82) is 0 Å². The summed E-state index contributed by atoms with van der Waals surface area (Å²) in [6.07, 6.45) is 6.81. The van der Waals surface area contributed by atoms with Crippen LogP contribution in [0.1, 0.15) is 22.7 Å². The molecule has 2 aromatic carbocycles. The number of aryl methyl sites for hydroxylation is 2. The second-order valence-electron chi connectivity index (χ2n) is 10.9. The molecule has 4 aliphatic heterocycles. The number of likely N-dealkylation sites (tertiary alicyclic amines) is 1. The van der Waals surface area contributed by atoms with Crippen molar-refractivity contribution >= 4 is 23.4 Å². The Labute approximate surface area is 228 Å². The van der Waals surface area contributed by atoms with Gasteiger partial charge in [0, 0.05) is 25.8 Å². The molecule has 4 aliphatic rings. The molecule has 0 aliphatic carbocycles. The number of carbonyl (C=O) groups is 3. The van der Waals surface area contributed by atoms with E-state index >= 15 is 0 Å². The van der Waals surface area contributed by atoms with Gasteiger partial charge in [-0.2, -0.15) is 0 Å². The minimum Gasteiger partial charge on any atom is -0.394 e. The molecule has 2 fully saturated rings. The number of ether oxygens (including phenoxy) is 1. The molecule has 1 spiro atoms. The zero-order valence-corrected chi connectivity index (χ0v) is 22.4. The van der Waals surface area contributed by atoms with Crippen molar-refractivity contribution in [2.45, 2.75) is 37.6 Å². The third kappa shape index (κ3) is 3.69. The fraction of sp³-hybridized carbons (Fsp3) is 0.387. The summed E-state index contributed by atoms with van der Waals surface area (Å²) >= 11 is 0. The Morgan fingerprint density at radius 2 is 1.67 bits per heavy atom. The summed E-state index contributed by atoms with van der Waals surface area (Å²) in [6, 6.07) is 13.3. The molecule has 8 nitrogen and oxygen atoms in total. The van der Waals surface area contributed by atoms with Gasteiger partial charge in [-0.15, -0.1) is 0 Å². The van der Waals surface area contributed by atoms with Gasteiger partial charge in [0.15, 0.2) is 0 Å². The largest absolute Gasteiger partial charge is 0.394 e. The van der Waals surface area contributed by atoms with Gasteiger partial charge in [0.25, 0.3) is 5.91 Å². The number of likely N-dealkylation sites (N-methyl/N-ethyl adjacent to an activating group) is 1. The minimum absolute atomic E-state index is 0.183. The monoisotopic (exact) mass is 527 g/mol. The number of fused-ring (bicyclic) bond motifs is 2. The van der Waals surface area contributed by atoms with Gasteiger partial charge in [-0.05, 0) is 30.5 Å². The van der Waals surface area contributed by atoms with Crippen LogP contribution in [0.5, 0.6) is 0 Å². The molecule has 8 heteroatoms. The molecule has 0 saturated carbocycles. The SMILES string of the molecule is Cc1cccc(C)c1N1CC=C[C@]23O[C@@H]4C=CCN(C)C(=O)[C@@H]4[C@H]2C(=O)N([C@H](CO)c2ccccc2)C3C1=O. The number of para-hydroxylation sites is 1. The minimum atomic E-state index is -1.35. The first-order valence-corrected chi connectivity index (χ1v) is 13.4. The number of aliphatic hydroxyl groups excluding tert-OH is 1. The summed E-state index contributed by atoms with van der Waals surface area (Å²) in [6.45, 7) is 4.27. The van der Waals surface area contributed by atoms with E-state index in [0.717, 1.165) is 16.8 Å². The lowest BCUT2D eigenvalue weighted by Gasteiger charge is -2.39. The summed E-state index contributed by atoms with van der Waals surface area (Å²) in [5.74, 6) is -2.50. The highest BCUT2D eigenvalue weighted by Crippen LogP contribution is 2.55. The van der Waals surface area contributed by atoms with E-state index in [1.54, 1.807) is 16.8 Å². The van der Waals surface area contributed by atoms with E-state index in [-0.39, 0.29) is 24.3 Å². The van der Waals surface area contributed by atoms with Crippen LogP contribution < -0.4 is 4.90 Å². The molecule has 2 saturated heterocycles. The van der Waals surface area contributed by atoms with Crippen LogP contribution in [0.15, 0.2) is 72.8 Å². The molecule has 3 amide bonds. The molecule has 39 heavy (non-hydrogen) atoms. The van der Waals surface area contributed by atoms with Crippen molar-refractivity contribution in [2.75, 3.05) is 31.6 Å². The first-order chi connectivity index (χ1) is 18.8. The van der Waals surface area contributed by atoms with Crippen molar-refractivity contribution in [1.82, 2.24) is 9.80 Å². The zero-order valence-electron chi connectivity index (χ0n) is 22.4. The van der Waals surface area contributed by atoms with Crippen LogP contribution in [0.4, 0.5) is 5.69 Å². The molecule has 0 aromatic heterocycles. The number of carbonyl (C=O) groups excluding carboxylic acids is 3. The Balaban J connectivity index is 1.54. The maximum absolute atomic E-state index is 14.7. The molecule has 2 aromatic rings. The first-order valence-electron chi connectivity index (χ1n) is 13.4. The maximum atomic E-state index is 14.7. The van der Waals surface area contributed by atoms with Crippen LogP contribution in [-0.4, -0.2) is 77.1 Å². The summed E-state index contributed by atoms with van der Waals surface area (Å²) in [5, 5.41) is 10.6. The molecule has 0 bridgehead atoms. The smallest absolute Gasteiger partial charge is 0.253 e. The van der Waals surface area contributed by atoms with Gasteiger partial charge in [-0.3, -0.25) is 14.4 Å². The molecule has 0 radical (unpaired) electrons. The van der Waals surface area contributed by atoms with Crippen molar-refractivity contribution in [3.8, 4) is 0 Å². The number of rotatable bonds is 4. The molecule has 1 N–H and O–H groups in total. The Morgan fingerprint density at radius 1 is 0.949 bits per heavy atom. The van der Waals surface area contributed by atoms with E-state index in [1.165, 1.54) is 4.90 Å². The van der Waals surface area contributed by atoms with Gasteiger partial charge >= 0.3 is 0 Å². The van der Waals surface area contributed by atoms with Crippen molar-refractivity contribution < 1.29 is 24.2 Å². The lowest BCUT2D eigenvalue weighted by molar-refractivity contribution is -0.146. The fourth-order valence-electron chi connectivity index (χ4n) is 7.00. The van der Waals surface area contributed by atoms with Crippen LogP contribution in [-0.2, 0) is 19.1 Å². The van der Waals surface area contributed by atoms with E-state index in [1.807, 2.05) is 86.7 Å². The summed E-state index contributed by atoms with van der Waals surface area (Å²) in [5.41, 5.74) is 2.04. The summed E-state index contributed by atoms with van der Waals surface area (Å²) in [7, 11) is 1.71. The molecule has 4 heterocycles. The van der Waals surface area contributed by atoms with Crippen LogP contribution in [0.3, 0.4) is 0 Å². The van der Waals surface area contributed by atoms with Gasteiger partial charge in [0.05, 0.1) is 30.6 Å². The Bertz CT molecular complexity index is 1370. The quantitative estimate of drug-likeness (QED) is 0.618. The van der Waals surface area contributed by atoms with Gasteiger partial charge in [-0.1, -0.05) is 72.8 Å². The predicted octanol–water partition coefficient (Wildman–Crippen LogP) is 2.55. The third-order valence-corrected chi connectivity index (χ3v) is 8.70. The molecule has 6 rings (SSSR count). The number of aliphatic hydroxyl groups is 1. The molecular weight excluding hydrogens is 494 g/mol. The number of hydrogen-bond acceptors (Lipinski definition) is 5. The Kier molecular flexibility index (Phi) is 6.19. The lowest BCUT2D eigenvalue weighted by atomic mass is 9.77. The molecule has 6 atom stereocenters. The number of hydrogen-bond donors (Lipinski definition) is 1. The Morgan fingerprint density at radius 3 is 2.36 bits per heavy atom. The second kappa shape index (κ2) is 9.47. The second-order valence-corrected chi connectivity index (χ2v) is 10.9. The summed E-state index contributed by atoms with van der Waals surface area (Å²) < 4.78 is 6.69. The van der Waals surface area contributed by atoms with Gasteiger partial charge < -0.3 is 24.5 Å². The highest BCUT2D eigenvalue weighted by atomic mass is 16.5. The van der Waals surface area contributed by atoms with Gasteiger partial charge in [0.2, 0.25) is 11.8 Å². The number of benzene rings is 2. The third-order valence-electron chi connectivity index (χ3n) is 8.70. The summed E-state index contributed by atoms with van der Waals surface area (Å²) in [4.78, 5) is 47.6. The predicted molar refractivity (Wildman–Crippen MR) is 146 cm³/mol. The zero-order chi connectivity index (χ0) is 27.5. The van der Waals surface area contributed by atoms with Gasteiger partial charge in [0.1, 0.15) is 11.6 Å². The standard InChI is InChI=1S/C31H33N3O5/c1-19-10-7-11-20(2)26(19)33-17-9-15-31-25(24-23(39-31)14-8-16-32(3)28(24)36)29(37)34(27(31)30(33)38)22(18-35)21-12-5-4-6-13-21/h4-15,22-25,27,35H,16-18H2,1-3H3/t22-,23-,24+,25+,27?,31+/m1/s1. The topological polar surface area (TPSA) is 90.4 Å². The number of amides is 3. The van der Waals surface area contributed by atoms with Crippen molar-refractivity contribution in [3.63, 3.8) is 0 Å². The van der Waals surface area contributed by atoms with E-state index in [9.17, 15) is 19.5 Å². The van der Waals surface area contributed by atoms with E-state index in [2.05, 4.69) is 0 Å². The van der Waals surface area contributed by atoms with E-state index in [0.29, 0.717) is 18.7 Å². The normalized spacial score (nSPS) is 30.7. The van der Waals surface area contributed by atoms with Gasteiger partial charge in [-0.25, -0.2) is 0 Å². The van der Waals surface area contributed by atoms with E-state index in [4.69, 9.17) is 4.74 Å². The fourth-order valence-corrected chi connectivity index (χ4v) is 7.00. The molecule has 202 valence electrons. The highest BCUT2D eigenvalue weighted by molar-refractivity contribution is 6.06. The maximum Gasteiger partial charge on any atom is 0.253 e. The highest BCUT2D eigenvalue weighted by Gasteiger charge is 2.72. The van der Waals surface area contributed by atoms with Crippen molar-refractivity contribution in [3.05, 3.63) is 89.5 Å². The lowest BCUT2D eigenvalue weighted by Crippen LogP contribution is -2.56.